The quantitative estimate of drug-likeness (QED) is 0.494. The molecule has 2 aromatic carbocycles. The Morgan fingerprint density at radius 3 is 2.58 bits per heavy atom. The van der Waals surface area contributed by atoms with Crippen molar-refractivity contribution in [2.75, 3.05) is 5.32 Å². The second-order valence-electron chi connectivity index (χ2n) is 7.98. The summed E-state index contributed by atoms with van der Waals surface area (Å²) in [6.07, 6.45) is 1.50. The third kappa shape index (κ3) is 5.61. The van der Waals surface area contributed by atoms with Gasteiger partial charge in [-0.05, 0) is 56.2 Å². The van der Waals surface area contributed by atoms with E-state index in [-0.39, 0.29) is 23.4 Å². The van der Waals surface area contributed by atoms with Crippen molar-refractivity contribution in [2.24, 2.45) is 5.73 Å². The molecule has 0 fully saturated rings. The average molecular weight is 462 g/mol. The van der Waals surface area contributed by atoms with Gasteiger partial charge >= 0.3 is 0 Å². The molecule has 168 valence electrons. The van der Waals surface area contributed by atoms with E-state index < -0.39 is 11.3 Å². The molecule has 0 aliphatic rings. The Hall–Kier alpha value is -4.03. The number of nitrogens with zero attached hydrogens (tertiary/aromatic N) is 2. The van der Waals surface area contributed by atoms with E-state index in [1.807, 2.05) is 6.07 Å². The van der Waals surface area contributed by atoms with Crippen molar-refractivity contribution in [1.29, 1.82) is 5.26 Å². The first kappa shape index (κ1) is 23.6. The number of primary amides is 1. The van der Waals surface area contributed by atoms with Gasteiger partial charge in [0.05, 0.1) is 18.0 Å². The van der Waals surface area contributed by atoms with Gasteiger partial charge in [-0.1, -0.05) is 18.2 Å². The molecule has 3 rings (SSSR count). The maximum absolute atomic E-state index is 12.8. The number of anilines is 1. The SMILES string of the molecule is Cc1ccc(NC(=O)c2cccc(C(C)(C)C#N)c2)cc1C(=O)NCc1cnc(C(N)=O)s1. The predicted octanol–water partition coefficient (Wildman–Crippen LogP) is 3.53. The molecule has 0 radical (unpaired) electrons. The monoisotopic (exact) mass is 461 g/mol. The standard InChI is InChI=1S/C24H23N5O3S/c1-14-7-8-17(29-21(31)15-5-4-6-16(9-15)24(2,3)13-25)10-19(14)22(32)27-11-18-12-28-23(33-18)20(26)30/h4-10,12H,11H2,1-3H3,(H2,26,30)(H,27,32)(H,29,31). The molecule has 0 unspecified atom stereocenters. The largest absolute Gasteiger partial charge is 0.364 e. The zero-order valence-corrected chi connectivity index (χ0v) is 19.2. The summed E-state index contributed by atoms with van der Waals surface area (Å²) in [5, 5.41) is 15.1. The summed E-state index contributed by atoms with van der Waals surface area (Å²) in [6.45, 7) is 5.57. The summed E-state index contributed by atoms with van der Waals surface area (Å²) in [5.74, 6) is -1.28. The second-order valence-corrected chi connectivity index (χ2v) is 9.10. The van der Waals surface area contributed by atoms with Crippen LogP contribution < -0.4 is 16.4 Å². The van der Waals surface area contributed by atoms with E-state index in [0.717, 1.165) is 22.5 Å². The van der Waals surface area contributed by atoms with Gasteiger partial charge in [0.15, 0.2) is 5.01 Å². The minimum atomic E-state index is -0.721. The van der Waals surface area contributed by atoms with Gasteiger partial charge in [0.1, 0.15) is 0 Å². The Balaban J connectivity index is 1.72. The summed E-state index contributed by atoms with van der Waals surface area (Å²) < 4.78 is 0. The maximum atomic E-state index is 12.8. The molecule has 33 heavy (non-hydrogen) atoms. The Morgan fingerprint density at radius 2 is 1.91 bits per heavy atom. The number of carbonyl (C=O) groups excluding carboxylic acids is 3. The highest BCUT2D eigenvalue weighted by atomic mass is 32.1. The lowest BCUT2D eigenvalue weighted by Gasteiger charge is -2.16. The van der Waals surface area contributed by atoms with Crippen molar-refractivity contribution in [1.82, 2.24) is 10.3 Å². The van der Waals surface area contributed by atoms with Crippen molar-refractivity contribution in [3.05, 3.63) is 80.8 Å². The van der Waals surface area contributed by atoms with E-state index in [1.165, 1.54) is 6.20 Å². The van der Waals surface area contributed by atoms with Crippen LogP contribution in [0, 0.1) is 18.3 Å². The summed E-state index contributed by atoms with van der Waals surface area (Å²) in [6, 6.07) is 14.2. The van der Waals surface area contributed by atoms with E-state index in [1.54, 1.807) is 57.2 Å². The number of thiazole rings is 1. The maximum Gasteiger partial charge on any atom is 0.277 e. The molecule has 3 aromatic rings. The van der Waals surface area contributed by atoms with Crippen LogP contribution in [-0.4, -0.2) is 22.7 Å². The first-order chi connectivity index (χ1) is 15.6. The first-order valence-corrected chi connectivity index (χ1v) is 10.9. The van der Waals surface area contributed by atoms with Crippen molar-refractivity contribution >= 4 is 34.7 Å². The molecule has 8 nitrogen and oxygen atoms in total. The molecule has 3 amide bonds. The Kier molecular flexibility index (Phi) is 6.89. The third-order valence-electron chi connectivity index (χ3n) is 5.05. The van der Waals surface area contributed by atoms with Crippen LogP contribution in [0.4, 0.5) is 5.69 Å². The van der Waals surface area contributed by atoms with Gasteiger partial charge in [0.25, 0.3) is 17.7 Å². The molecule has 0 saturated heterocycles. The molecule has 9 heteroatoms. The Labute approximate surface area is 195 Å². The highest BCUT2D eigenvalue weighted by Crippen LogP contribution is 2.24. The molecule has 0 aliphatic heterocycles. The normalized spacial score (nSPS) is 10.8. The van der Waals surface area contributed by atoms with E-state index in [9.17, 15) is 19.6 Å². The van der Waals surface area contributed by atoms with E-state index in [4.69, 9.17) is 5.73 Å². The molecular formula is C24H23N5O3S. The molecule has 0 atom stereocenters. The lowest BCUT2D eigenvalue weighted by Crippen LogP contribution is -2.23. The number of hydrogen-bond acceptors (Lipinski definition) is 6. The molecule has 0 spiro atoms. The fourth-order valence-electron chi connectivity index (χ4n) is 3.03. The van der Waals surface area contributed by atoms with Gasteiger partial charge in [0, 0.05) is 27.9 Å². The van der Waals surface area contributed by atoms with Crippen LogP contribution >= 0.6 is 11.3 Å². The summed E-state index contributed by atoms with van der Waals surface area (Å²) in [7, 11) is 0. The highest BCUT2D eigenvalue weighted by molar-refractivity contribution is 7.13. The van der Waals surface area contributed by atoms with Gasteiger partial charge in [-0.15, -0.1) is 11.3 Å². The molecule has 0 bridgehead atoms. The van der Waals surface area contributed by atoms with Gasteiger partial charge in [-0.25, -0.2) is 4.98 Å². The van der Waals surface area contributed by atoms with Crippen LogP contribution in [0.3, 0.4) is 0 Å². The number of benzene rings is 2. The van der Waals surface area contributed by atoms with E-state index in [2.05, 4.69) is 21.7 Å². The summed E-state index contributed by atoms with van der Waals surface area (Å²) in [4.78, 5) is 41.3. The average Bonchev–Trinajstić information content (AvgIpc) is 3.28. The second kappa shape index (κ2) is 9.63. The van der Waals surface area contributed by atoms with E-state index in [0.29, 0.717) is 21.7 Å². The molecule has 0 saturated carbocycles. The lowest BCUT2D eigenvalue weighted by molar-refractivity contribution is 0.0948. The fraction of sp³-hybridized carbons (Fsp3) is 0.208. The highest BCUT2D eigenvalue weighted by Gasteiger charge is 2.21. The fourth-order valence-corrected chi connectivity index (χ4v) is 3.73. The Bertz CT molecular complexity index is 1270. The number of hydrogen-bond donors (Lipinski definition) is 3. The van der Waals surface area contributed by atoms with E-state index >= 15 is 0 Å². The van der Waals surface area contributed by atoms with Crippen LogP contribution in [-0.2, 0) is 12.0 Å². The van der Waals surface area contributed by atoms with Gasteiger partial charge in [-0.2, -0.15) is 5.26 Å². The molecular weight excluding hydrogens is 438 g/mol. The van der Waals surface area contributed by atoms with Crippen molar-refractivity contribution in [3.8, 4) is 6.07 Å². The number of carbonyl (C=O) groups is 3. The number of nitrogens with one attached hydrogen (secondary N) is 2. The number of aryl methyl sites for hydroxylation is 1. The number of aromatic nitrogens is 1. The van der Waals surface area contributed by atoms with Crippen molar-refractivity contribution < 1.29 is 14.4 Å². The van der Waals surface area contributed by atoms with Crippen LogP contribution in [0.5, 0.6) is 0 Å². The van der Waals surface area contributed by atoms with Gasteiger partial charge < -0.3 is 16.4 Å². The number of amides is 3. The van der Waals surface area contributed by atoms with Gasteiger partial charge in [0.2, 0.25) is 0 Å². The molecule has 4 N–H and O–H groups in total. The zero-order valence-electron chi connectivity index (χ0n) is 18.4. The smallest absolute Gasteiger partial charge is 0.277 e. The molecule has 0 aliphatic carbocycles. The van der Waals surface area contributed by atoms with Crippen molar-refractivity contribution in [3.63, 3.8) is 0 Å². The molecule has 1 aromatic heterocycles. The van der Waals surface area contributed by atoms with Crippen LogP contribution in [0.2, 0.25) is 0 Å². The van der Waals surface area contributed by atoms with Crippen LogP contribution in [0.15, 0.2) is 48.7 Å². The van der Waals surface area contributed by atoms with Crippen LogP contribution in [0.1, 0.15) is 60.4 Å². The topological polar surface area (TPSA) is 138 Å². The number of rotatable bonds is 7. The van der Waals surface area contributed by atoms with Gasteiger partial charge in [-0.3, -0.25) is 14.4 Å². The van der Waals surface area contributed by atoms with Crippen molar-refractivity contribution in [2.45, 2.75) is 32.7 Å². The predicted molar refractivity (Wildman–Crippen MR) is 126 cm³/mol. The Morgan fingerprint density at radius 1 is 1.15 bits per heavy atom. The number of nitriles is 1. The summed E-state index contributed by atoms with van der Waals surface area (Å²) >= 11 is 1.12. The molecule has 1 heterocycles. The zero-order chi connectivity index (χ0) is 24.2. The number of nitrogens with two attached hydrogens (primary N) is 1. The lowest BCUT2D eigenvalue weighted by atomic mass is 9.85. The minimum absolute atomic E-state index is 0.183. The van der Waals surface area contributed by atoms with Crippen LogP contribution in [0.25, 0.3) is 0 Å². The first-order valence-electron chi connectivity index (χ1n) is 10.1. The third-order valence-corrected chi connectivity index (χ3v) is 6.07. The minimum Gasteiger partial charge on any atom is -0.364 e. The summed E-state index contributed by atoms with van der Waals surface area (Å²) in [5.41, 5.74) is 7.25.